The fourth-order valence-corrected chi connectivity index (χ4v) is 0.883. The highest BCUT2D eigenvalue weighted by atomic mass is 16.5. The Morgan fingerprint density at radius 1 is 1.38 bits per heavy atom. The summed E-state index contributed by atoms with van der Waals surface area (Å²) in [5, 5.41) is 11.7. The monoisotopic (exact) mass is 177 g/mol. The zero-order valence-corrected chi connectivity index (χ0v) is 7.40. The molecule has 0 aliphatic heterocycles. The van der Waals surface area contributed by atoms with E-state index in [-0.39, 0.29) is 5.90 Å². The van der Waals surface area contributed by atoms with Gasteiger partial charge in [0.2, 0.25) is 0 Å². The molecule has 13 heavy (non-hydrogen) atoms. The van der Waals surface area contributed by atoms with E-state index in [4.69, 9.17) is 9.94 Å². The van der Waals surface area contributed by atoms with Crippen LogP contribution in [0.3, 0.4) is 0 Å². The molecule has 0 aliphatic rings. The van der Waals surface area contributed by atoms with Crippen LogP contribution in [0, 0.1) is 0 Å². The summed E-state index contributed by atoms with van der Waals surface area (Å²) in [6, 6.07) is 9.12. The molecule has 3 nitrogen and oxygen atoms in total. The SMILES string of the molecule is C=C(C)OC(=NO)c1ccccc1. The molecule has 0 amide bonds. The van der Waals surface area contributed by atoms with E-state index in [1.165, 1.54) is 0 Å². The third-order valence-corrected chi connectivity index (χ3v) is 1.38. The van der Waals surface area contributed by atoms with Gasteiger partial charge in [-0.1, -0.05) is 24.8 Å². The molecular formula is C10H11NO2. The fraction of sp³-hybridized carbons (Fsp3) is 0.100. The van der Waals surface area contributed by atoms with Crippen LogP contribution >= 0.6 is 0 Å². The minimum Gasteiger partial charge on any atom is -0.442 e. The van der Waals surface area contributed by atoms with Crippen molar-refractivity contribution in [2.75, 3.05) is 0 Å². The first-order valence-electron chi connectivity index (χ1n) is 3.85. The van der Waals surface area contributed by atoms with Crippen LogP contribution in [0.5, 0.6) is 0 Å². The summed E-state index contributed by atoms with van der Waals surface area (Å²) in [7, 11) is 0. The minimum atomic E-state index is 0.160. The van der Waals surface area contributed by atoms with Crippen molar-refractivity contribution < 1.29 is 9.94 Å². The zero-order valence-electron chi connectivity index (χ0n) is 7.40. The Labute approximate surface area is 77.0 Å². The first-order chi connectivity index (χ1) is 6.24. The smallest absolute Gasteiger partial charge is 0.262 e. The Balaban J connectivity index is 2.86. The maximum atomic E-state index is 8.65. The number of benzene rings is 1. The molecule has 0 aliphatic carbocycles. The molecule has 0 saturated carbocycles. The molecule has 3 heteroatoms. The van der Waals surface area contributed by atoms with Crippen LogP contribution in [0.4, 0.5) is 0 Å². The molecular weight excluding hydrogens is 166 g/mol. The van der Waals surface area contributed by atoms with Crippen LogP contribution in [0.2, 0.25) is 0 Å². The van der Waals surface area contributed by atoms with Crippen molar-refractivity contribution >= 4 is 5.90 Å². The van der Waals surface area contributed by atoms with Crippen molar-refractivity contribution in [1.29, 1.82) is 0 Å². The molecule has 0 atom stereocenters. The molecule has 1 aromatic rings. The van der Waals surface area contributed by atoms with E-state index in [1.807, 2.05) is 18.2 Å². The summed E-state index contributed by atoms with van der Waals surface area (Å²) >= 11 is 0. The van der Waals surface area contributed by atoms with Gasteiger partial charge in [0.1, 0.15) is 0 Å². The third kappa shape index (κ3) is 2.63. The second kappa shape index (κ2) is 4.30. The summed E-state index contributed by atoms with van der Waals surface area (Å²) in [6.07, 6.45) is 0. The Hall–Kier alpha value is -1.77. The van der Waals surface area contributed by atoms with Gasteiger partial charge in [0.05, 0.1) is 5.76 Å². The molecule has 0 radical (unpaired) electrons. The number of hydrogen-bond donors (Lipinski definition) is 1. The average molecular weight is 177 g/mol. The van der Waals surface area contributed by atoms with E-state index in [0.717, 1.165) is 0 Å². The van der Waals surface area contributed by atoms with Gasteiger partial charge in [-0.05, 0) is 24.2 Å². The Kier molecular flexibility index (Phi) is 3.09. The maximum Gasteiger partial charge on any atom is 0.262 e. The van der Waals surface area contributed by atoms with Crippen LogP contribution in [0.15, 0.2) is 47.8 Å². The van der Waals surface area contributed by atoms with Crippen molar-refractivity contribution in [1.82, 2.24) is 0 Å². The van der Waals surface area contributed by atoms with Crippen molar-refractivity contribution in [3.8, 4) is 0 Å². The number of nitrogens with zero attached hydrogens (tertiary/aromatic N) is 1. The van der Waals surface area contributed by atoms with Gasteiger partial charge in [-0.15, -0.1) is 0 Å². The maximum absolute atomic E-state index is 8.65. The summed E-state index contributed by atoms with van der Waals surface area (Å²) in [4.78, 5) is 0. The van der Waals surface area contributed by atoms with Gasteiger partial charge in [-0.25, -0.2) is 0 Å². The summed E-state index contributed by atoms with van der Waals surface area (Å²) in [5.41, 5.74) is 0.716. The Morgan fingerprint density at radius 3 is 2.46 bits per heavy atom. The molecule has 0 fully saturated rings. The van der Waals surface area contributed by atoms with Crippen LogP contribution in [-0.2, 0) is 4.74 Å². The van der Waals surface area contributed by atoms with Gasteiger partial charge >= 0.3 is 0 Å². The topological polar surface area (TPSA) is 41.8 Å². The summed E-state index contributed by atoms with van der Waals surface area (Å²) in [6.45, 7) is 5.24. The molecule has 1 rings (SSSR count). The first-order valence-corrected chi connectivity index (χ1v) is 3.85. The van der Waals surface area contributed by atoms with Crippen molar-refractivity contribution in [2.24, 2.45) is 5.16 Å². The number of hydrogen-bond acceptors (Lipinski definition) is 3. The van der Waals surface area contributed by atoms with Crippen LogP contribution in [-0.4, -0.2) is 11.1 Å². The highest BCUT2D eigenvalue weighted by Crippen LogP contribution is 2.05. The van der Waals surface area contributed by atoms with Crippen LogP contribution in [0.25, 0.3) is 0 Å². The molecule has 0 bridgehead atoms. The van der Waals surface area contributed by atoms with Crippen molar-refractivity contribution in [3.05, 3.63) is 48.2 Å². The van der Waals surface area contributed by atoms with E-state index >= 15 is 0 Å². The van der Waals surface area contributed by atoms with Gasteiger partial charge in [0.25, 0.3) is 5.90 Å². The highest BCUT2D eigenvalue weighted by Gasteiger charge is 2.04. The predicted octanol–water partition coefficient (Wildman–Crippen LogP) is 2.37. The largest absolute Gasteiger partial charge is 0.442 e. The van der Waals surface area contributed by atoms with Gasteiger partial charge in [0.15, 0.2) is 0 Å². The average Bonchev–Trinajstić information content (AvgIpc) is 2.15. The van der Waals surface area contributed by atoms with Crippen LogP contribution in [0.1, 0.15) is 12.5 Å². The zero-order chi connectivity index (χ0) is 9.68. The van der Waals surface area contributed by atoms with Gasteiger partial charge in [-0.3, -0.25) is 0 Å². The van der Waals surface area contributed by atoms with E-state index in [2.05, 4.69) is 11.7 Å². The van der Waals surface area contributed by atoms with Gasteiger partial charge in [0, 0.05) is 5.56 Å². The number of oxime groups is 1. The minimum absolute atomic E-state index is 0.160. The number of rotatable bonds is 2. The second-order valence-corrected chi connectivity index (χ2v) is 2.58. The first kappa shape index (κ1) is 9.32. The van der Waals surface area contributed by atoms with E-state index < -0.39 is 0 Å². The summed E-state index contributed by atoms with van der Waals surface area (Å²) in [5.74, 6) is 0.643. The lowest BCUT2D eigenvalue weighted by Gasteiger charge is -2.05. The lowest BCUT2D eigenvalue weighted by atomic mass is 10.2. The van der Waals surface area contributed by atoms with Crippen LogP contribution < -0.4 is 0 Å². The lowest BCUT2D eigenvalue weighted by molar-refractivity contribution is 0.291. The normalized spacial score (nSPS) is 11.0. The van der Waals surface area contributed by atoms with Crippen molar-refractivity contribution in [2.45, 2.75) is 6.92 Å². The lowest BCUT2D eigenvalue weighted by Crippen LogP contribution is -2.04. The molecule has 0 unspecified atom stereocenters. The molecule has 0 spiro atoms. The molecule has 0 heterocycles. The van der Waals surface area contributed by atoms with Gasteiger partial charge in [-0.2, -0.15) is 0 Å². The Morgan fingerprint density at radius 2 is 2.00 bits per heavy atom. The third-order valence-electron chi connectivity index (χ3n) is 1.38. The quantitative estimate of drug-likeness (QED) is 0.248. The van der Waals surface area contributed by atoms with E-state index in [0.29, 0.717) is 11.3 Å². The molecule has 68 valence electrons. The van der Waals surface area contributed by atoms with E-state index in [1.54, 1.807) is 19.1 Å². The highest BCUT2D eigenvalue weighted by molar-refractivity contribution is 5.94. The number of allylic oxidation sites excluding steroid dienone is 1. The number of ether oxygens (including phenoxy) is 1. The van der Waals surface area contributed by atoms with Crippen molar-refractivity contribution in [3.63, 3.8) is 0 Å². The molecule has 0 aromatic heterocycles. The molecule has 0 saturated heterocycles. The molecule has 1 aromatic carbocycles. The molecule has 1 N–H and O–H groups in total. The standard InChI is InChI=1S/C10H11NO2/c1-8(2)13-10(11-12)9-6-4-3-5-7-9/h3-7,12H,1H2,2H3. The van der Waals surface area contributed by atoms with E-state index in [9.17, 15) is 0 Å². The predicted molar refractivity (Wildman–Crippen MR) is 50.7 cm³/mol. The van der Waals surface area contributed by atoms with Gasteiger partial charge < -0.3 is 9.94 Å². The second-order valence-electron chi connectivity index (χ2n) is 2.58. The Bertz CT molecular complexity index is 317. The summed E-state index contributed by atoms with van der Waals surface area (Å²) < 4.78 is 5.09. The fourth-order valence-electron chi connectivity index (χ4n) is 0.883.